The Hall–Kier alpha value is -1.68. The van der Waals surface area contributed by atoms with Crippen LogP contribution < -0.4 is 4.74 Å². The third-order valence-electron chi connectivity index (χ3n) is 2.57. The van der Waals surface area contributed by atoms with Gasteiger partial charge >= 0.3 is 6.36 Å². The van der Waals surface area contributed by atoms with Crippen molar-refractivity contribution in [1.82, 2.24) is 0 Å². The smallest absolute Gasteiger partial charge is 0.406 e. The molecule has 0 aromatic heterocycles. The van der Waals surface area contributed by atoms with Crippen LogP contribution in [0.1, 0.15) is 5.56 Å². The Balaban J connectivity index is 2.35. The van der Waals surface area contributed by atoms with Gasteiger partial charge in [-0.05, 0) is 41.8 Å². The Bertz CT molecular complexity index is 593. The standard InChI is InChI=1S/C14H10ClF3O/c1-9-5-6-11(8-13(9)15)10-3-2-4-12(7-10)19-14(16,17)18/h2-8H,1H3. The van der Waals surface area contributed by atoms with Gasteiger partial charge < -0.3 is 4.74 Å². The van der Waals surface area contributed by atoms with E-state index in [1.54, 1.807) is 18.2 Å². The summed E-state index contributed by atoms with van der Waals surface area (Å²) < 4.78 is 40.3. The van der Waals surface area contributed by atoms with Gasteiger partial charge in [0.1, 0.15) is 5.75 Å². The molecule has 19 heavy (non-hydrogen) atoms. The van der Waals surface area contributed by atoms with Crippen LogP contribution in [0.4, 0.5) is 13.2 Å². The molecule has 0 aliphatic carbocycles. The lowest BCUT2D eigenvalue weighted by atomic mass is 10.0. The van der Waals surface area contributed by atoms with Gasteiger partial charge in [-0.25, -0.2) is 0 Å². The summed E-state index contributed by atoms with van der Waals surface area (Å²) in [6, 6.07) is 11.1. The van der Waals surface area contributed by atoms with Crippen molar-refractivity contribution in [1.29, 1.82) is 0 Å². The first kappa shape index (κ1) is 13.7. The van der Waals surface area contributed by atoms with Crippen molar-refractivity contribution in [2.75, 3.05) is 0 Å². The number of alkyl halides is 3. The molecule has 2 rings (SSSR count). The van der Waals surface area contributed by atoms with Gasteiger partial charge in [0.05, 0.1) is 0 Å². The Morgan fingerprint density at radius 1 is 1.00 bits per heavy atom. The van der Waals surface area contributed by atoms with Crippen LogP contribution in [0.5, 0.6) is 5.75 Å². The van der Waals surface area contributed by atoms with Crippen molar-refractivity contribution in [3.63, 3.8) is 0 Å². The highest BCUT2D eigenvalue weighted by atomic mass is 35.5. The quantitative estimate of drug-likeness (QED) is 0.736. The van der Waals surface area contributed by atoms with Crippen LogP contribution in [0.3, 0.4) is 0 Å². The molecule has 100 valence electrons. The Kier molecular flexibility index (Phi) is 3.71. The third-order valence-corrected chi connectivity index (χ3v) is 2.98. The van der Waals surface area contributed by atoms with Crippen molar-refractivity contribution in [3.8, 4) is 16.9 Å². The van der Waals surface area contributed by atoms with Crippen LogP contribution in [0.25, 0.3) is 11.1 Å². The molecular formula is C14H10ClF3O. The second-order valence-electron chi connectivity index (χ2n) is 4.04. The number of rotatable bonds is 2. The van der Waals surface area contributed by atoms with E-state index >= 15 is 0 Å². The lowest BCUT2D eigenvalue weighted by molar-refractivity contribution is -0.274. The molecule has 0 aliphatic heterocycles. The van der Waals surface area contributed by atoms with Gasteiger partial charge in [0.15, 0.2) is 0 Å². The average Bonchev–Trinajstić information content (AvgIpc) is 2.31. The summed E-state index contributed by atoms with van der Waals surface area (Å²) in [6.07, 6.45) is -4.69. The molecule has 0 fully saturated rings. The zero-order valence-electron chi connectivity index (χ0n) is 9.96. The molecule has 2 aromatic rings. The van der Waals surface area contributed by atoms with Crippen LogP contribution in [0.2, 0.25) is 5.02 Å². The summed E-state index contributed by atoms with van der Waals surface area (Å²) in [5.41, 5.74) is 2.26. The fourth-order valence-corrected chi connectivity index (χ4v) is 1.83. The van der Waals surface area contributed by atoms with Crippen molar-refractivity contribution in [2.24, 2.45) is 0 Å². The average molecular weight is 287 g/mol. The second-order valence-corrected chi connectivity index (χ2v) is 4.45. The first-order valence-electron chi connectivity index (χ1n) is 5.47. The first-order valence-corrected chi connectivity index (χ1v) is 5.85. The van der Waals surface area contributed by atoms with E-state index in [1.165, 1.54) is 18.2 Å². The minimum Gasteiger partial charge on any atom is -0.406 e. The summed E-state index contributed by atoms with van der Waals surface area (Å²) >= 11 is 6.00. The number of hydrogen-bond donors (Lipinski definition) is 0. The molecule has 0 N–H and O–H groups in total. The van der Waals surface area contributed by atoms with Gasteiger partial charge in [0, 0.05) is 5.02 Å². The van der Waals surface area contributed by atoms with Crippen LogP contribution in [-0.2, 0) is 0 Å². The third kappa shape index (κ3) is 3.64. The van der Waals surface area contributed by atoms with Crippen LogP contribution in [0, 0.1) is 6.92 Å². The molecular weight excluding hydrogens is 277 g/mol. The van der Waals surface area contributed by atoms with E-state index in [0.29, 0.717) is 10.6 Å². The number of benzene rings is 2. The van der Waals surface area contributed by atoms with Gasteiger partial charge in [-0.1, -0.05) is 35.9 Å². The normalized spacial score (nSPS) is 11.4. The van der Waals surface area contributed by atoms with E-state index in [0.717, 1.165) is 11.1 Å². The van der Waals surface area contributed by atoms with Crippen LogP contribution >= 0.6 is 11.6 Å². The van der Waals surface area contributed by atoms with Crippen molar-refractivity contribution in [3.05, 3.63) is 53.1 Å². The zero-order valence-corrected chi connectivity index (χ0v) is 10.7. The monoisotopic (exact) mass is 286 g/mol. The highest BCUT2D eigenvalue weighted by Gasteiger charge is 2.31. The summed E-state index contributed by atoms with van der Waals surface area (Å²) in [5, 5.41) is 0.569. The van der Waals surface area contributed by atoms with E-state index in [2.05, 4.69) is 4.74 Å². The molecule has 0 unspecified atom stereocenters. The summed E-state index contributed by atoms with van der Waals surface area (Å²) in [7, 11) is 0. The predicted octanol–water partition coefficient (Wildman–Crippen LogP) is 5.21. The van der Waals surface area contributed by atoms with Gasteiger partial charge in [-0.2, -0.15) is 0 Å². The number of aryl methyl sites for hydroxylation is 1. The van der Waals surface area contributed by atoms with Gasteiger partial charge in [0.25, 0.3) is 0 Å². The summed E-state index contributed by atoms with van der Waals surface area (Å²) in [4.78, 5) is 0. The lowest BCUT2D eigenvalue weighted by Gasteiger charge is -2.10. The maximum absolute atomic E-state index is 12.1. The highest BCUT2D eigenvalue weighted by molar-refractivity contribution is 6.31. The van der Waals surface area contributed by atoms with Crippen molar-refractivity contribution in [2.45, 2.75) is 13.3 Å². The van der Waals surface area contributed by atoms with Gasteiger partial charge in [-0.15, -0.1) is 13.2 Å². The second kappa shape index (κ2) is 5.13. The topological polar surface area (TPSA) is 9.23 Å². The minimum absolute atomic E-state index is 0.248. The predicted molar refractivity (Wildman–Crippen MR) is 68.3 cm³/mol. The molecule has 0 bridgehead atoms. The SMILES string of the molecule is Cc1ccc(-c2cccc(OC(F)(F)F)c2)cc1Cl. The van der Waals surface area contributed by atoms with E-state index in [4.69, 9.17) is 11.6 Å². The summed E-state index contributed by atoms with van der Waals surface area (Å²) in [6.45, 7) is 1.86. The van der Waals surface area contributed by atoms with Crippen molar-refractivity contribution < 1.29 is 17.9 Å². The van der Waals surface area contributed by atoms with Gasteiger partial charge in [-0.3, -0.25) is 0 Å². The zero-order chi connectivity index (χ0) is 14.0. The van der Waals surface area contributed by atoms with E-state index in [-0.39, 0.29) is 5.75 Å². The largest absolute Gasteiger partial charge is 0.573 e. The molecule has 2 aromatic carbocycles. The maximum Gasteiger partial charge on any atom is 0.573 e. The first-order chi connectivity index (χ1) is 8.85. The molecule has 0 heterocycles. The van der Waals surface area contributed by atoms with E-state index in [1.807, 2.05) is 13.0 Å². The molecule has 0 saturated carbocycles. The lowest BCUT2D eigenvalue weighted by Crippen LogP contribution is -2.17. The molecule has 0 spiro atoms. The molecule has 0 saturated heterocycles. The van der Waals surface area contributed by atoms with Crippen LogP contribution in [-0.4, -0.2) is 6.36 Å². The molecule has 1 nitrogen and oxygen atoms in total. The van der Waals surface area contributed by atoms with Crippen LogP contribution in [0.15, 0.2) is 42.5 Å². The fourth-order valence-electron chi connectivity index (χ4n) is 1.65. The molecule has 0 aliphatic rings. The molecule has 0 radical (unpaired) electrons. The van der Waals surface area contributed by atoms with E-state index < -0.39 is 6.36 Å². The molecule has 0 atom stereocenters. The Labute approximate surface area is 113 Å². The van der Waals surface area contributed by atoms with Crippen molar-refractivity contribution >= 4 is 11.6 Å². The molecule has 0 amide bonds. The van der Waals surface area contributed by atoms with E-state index in [9.17, 15) is 13.2 Å². The Morgan fingerprint density at radius 2 is 1.68 bits per heavy atom. The highest BCUT2D eigenvalue weighted by Crippen LogP contribution is 2.30. The maximum atomic E-state index is 12.1. The Morgan fingerprint density at radius 3 is 2.32 bits per heavy atom. The molecule has 5 heteroatoms. The number of halogens is 4. The number of ether oxygens (including phenoxy) is 1. The summed E-state index contributed by atoms with van der Waals surface area (Å²) in [5.74, 6) is -0.248. The van der Waals surface area contributed by atoms with Gasteiger partial charge in [0.2, 0.25) is 0 Å². The fraction of sp³-hybridized carbons (Fsp3) is 0.143. The minimum atomic E-state index is -4.69. The number of hydrogen-bond acceptors (Lipinski definition) is 1.